The molecule has 2 amide bonds. The highest BCUT2D eigenvalue weighted by atomic mass is 16.3. The maximum absolute atomic E-state index is 12.0. The Kier molecular flexibility index (Phi) is 6.14. The van der Waals surface area contributed by atoms with Crippen LogP contribution in [0.5, 0.6) is 0 Å². The van der Waals surface area contributed by atoms with Gasteiger partial charge < -0.3 is 21.3 Å². The normalized spacial score (nSPS) is 13.6. The first kappa shape index (κ1) is 16.1. The van der Waals surface area contributed by atoms with Crippen LogP contribution in [-0.2, 0) is 0 Å². The van der Waals surface area contributed by atoms with Gasteiger partial charge >= 0.3 is 0 Å². The number of rotatable bonds is 7. The van der Waals surface area contributed by atoms with Gasteiger partial charge in [0.05, 0.1) is 18.8 Å². The van der Waals surface area contributed by atoms with Gasteiger partial charge in [-0.05, 0) is 30.7 Å². The first-order valence-electron chi connectivity index (χ1n) is 6.49. The lowest BCUT2D eigenvalue weighted by atomic mass is 10.1. The smallest absolute Gasteiger partial charge is 0.251 e. The average molecular weight is 280 g/mol. The Morgan fingerprint density at radius 3 is 2.25 bits per heavy atom. The lowest BCUT2D eigenvalue weighted by Gasteiger charge is -2.21. The molecule has 6 heteroatoms. The number of primary amides is 1. The summed E-state index contributed by atoms with van der Waals surface area (Å²) in [5.41, 5.74) is 5.75. The van der Waals surface area contributed by atoms with Crippen LogP contribution in [0.4, 0.5) is 0 Å². The van der Waals surface area contributed by atoms with Gasteiger partial charge in [0.2, 0.25) is 5.91 Å². The molecule has 20 heavy (non-hydrogen) atoms. The Hall–Kier alpha value is -1.92. The van der Waals surface area contributed by atoms with Crippen molar-refractivity contribution in [2.45, 2.75) is 31.9 Å². The Morgan fingerprint density at radius 2 is 1.80 bits per heavy atom. The Bertz CT molecular complexity index is 459. The van der Waals surface area contributed by atoms with Gasteiger partial charge in [0.1, 0.15) is 0 Å². The van der Waals surface area contributed by atoms with Crippen LogP contribution in [0.1, 0.15) is 40.5 Å². The van der Waals surface area contributed by atoms with E-state index in [1.54, 1.807) is 0 Å². The fourth-order valence-corrected chi connectivity index (χ4v) is 1.80. The van der Waals surface area contributed by atoms with Gasteiger partial charge in [0.25, 0.3) is 5.91 Å². The fourth-order valence-electron chi connectivity index (χ4n) is 1.80. The largest absolute Gasteiger partial charge is 0.394 e. The van der Waals surface area contributed by atoms with Gasteiger partial charge in [-0.3, -0.25) is 9.59 Å². The molecular formula is C14H20N2O4. The second kappa shape index (κ2) is 7.62. The first-order chi connectivity index (χ1) is 9.49. The molecule has 1 aromatic carbocycles. The maximum Gasteiger partial charge on any atom is 0.251 e. The summed E-state index contributed by atoms with van der Waals surface area (Å²) < 4.78 is 0. The van der Waals surface area contributed by atoms with Crippen molar-refractivity contribution in [3.8, 4) is 0 Å². The van der Waals surface area contributed by atoms with Crippen molar-refractivity contribution in [3.05, 3.63) is 35.4 Å². The minimum atomic E-state index is -0.793. The number of hydrogen-bond donors (Lipinski definition) is 4. The summed E-state index contributed by atoms with van der Waals surface area (Å²) >= 11 is 0. The molecule has 6 nitrogen and oxygen atoms in total. The van der Waals surface area contributed by atoms with E-state index in [-0.39, 0.29) is 6.61 Å². The molecule has 2 atom stereocenters. The number of nitrogens with two attached hydrogens (primary N) is 1. The van der Waals surface area contributed by atoms with Crippen molar-refractivity contribution >= 4 is 11.8 Å². The highest BCUT2D eigenvalue weighted by Crippen LogP contribution is 2.07. The SMILES string of the molecule is CCCC(O)C(CO)NC(=O)c1ccc(C(N)=O)cc1. The summed E-state index contributed by atoms with van der Waals surface area (Å²) in [6, 6.07) is 5.13. The molecular weight excluding hydrogens is 260 g/mol. The maximum atomic E-state index is 12.0. The topological polar surface area (TPSA) is 113 Å². The molecule has 0 heterocycles. The van der Waals surface area contributed by atoms with Crippen LogP contribution in [0.3, 0.4) is 0 Å². The van der Waals surface area contributed by atoms with E-state index in [1.165, 1.54) is 24.3 Å². The molecule has 1 aromatic rings. The molecule has 0 aliphatic heterocycles. The van der Waals surface area contributed by atoms with E-state index in [0.29, 0.717) is 17.5 Å². The number of nitrogens with one attached hydrogen (secondary N) is 1. The van der Waals surface area contributed by atoms with Crippen molar-refractivity contribution < 1.29 is 19.8 Å². The number of benzene rings is 1. The highest BCUT2D eigenvalue weighted by molar-refractivity contribution is 5.97. The van der Waals surface area contributed by atoms with Crippen LogP contribution in [0.2, 0.25) is 0 Å². The van der Waals surface area contributed by atoms with E-state index in [1.807, 2.05) is 6.92 Å². The molecule has 0 spiro atoms. The number of carbonyl (C=O) groups is 2. The summed E-state index contributed by atoms with van der Waals surface area (Å²) in [5.74, 6) is -0.987. The van der Waals surface area contributed by atoms with Crippen molar-refractivity contribution in [2.24, 2.45) is 5.73 Å². The summed E-state index contributed by atoms with van der Waals surface area (Å²) in [7, 11) is 0. The van der Waals surface area contributed by atoms with Crippen molar-refractivity contribution in [3.63, 3.8) is 0 Å². The number of aliphatic hydroxyl groups excluding tert-OH is 2. The summed E-state index contributed by atoms with van der Waals surface area (Å²) in [4.78, 5) is 22.9. The molecule has 0 aromatic heterocycles. The minimum Gasteiger partial charge on any atom is -0.394 e. The van der Waals surface area contributed by atoms with Crippen molar-refractivity contribution in [1.82, 2.24) is 5.32 Å². The molecule has 0 radical (unpaired) electrons. The van der Waals surface area contributed by atoms with E-state index in [0.717, 1.165) is 6.42 Å². The second-order valence-electron chi connectivity index (χ2n) is 4.56. The highest BCUT2D eigenvalue weighted by Gasteiger charge is 2.20. The lowest BCUT2D eigenvalue weighted by molar-refractivity contribution is 0.0670. The van der Waals surface area contributed by atoms with E-state index in [2.05, 4.69) is 5.32 Å². The Morgan fingerprint density at radius 1 is 1.25 bits per heavy atom. The van der Waals surface area contributed by atoms with Crippen molar-refractivity contribution in [2.75, 3.05) is 6.61 Å². The van der Waals surface area contributed by atoms with Crippen LogP contribution >= 0.6 is 0 Å². The molecule has 1 rings (SSSR count). The van der Waals surface area contributed by atoms with Crippen molar-refractivity contribution in [1.29, 1.82) is 0 Å². The van der Waals surface area contributed by atoms with E-state index >= 15 is 0 Å². The van der Waals surface area contributed by atoms with Crippen LogP contribution in [0, 0.1) is 0 Å². The Labute approximate surface area is 117 Å². The zero-order valence-electron chi connectivity index (χ0n) is 11.4. The molecule has 2 unspecified atom stereocenters. The molecule has 0 saturated carbocycles. The molecule has 0 saturated heterocycles. The fraction of sp³-hybridized carbons (Fsp3) is 0.429. The number of amides is 2. The predicted molar refractivity (Wildman–Crippen MR) is 74.2 cm³/mol. The number of aliphatic hydroxyl groups is 2. The summed E-state index contributed by atoms with van der Waals surface area (Å²) in [5, 5.41) is 21.5. The third-order valence-corrected chi connectivity index (χ3v) is 2.99. The minimum absolute atomic E-state index is 0.311. The van der Waals surface area contributed by atoms with E-state index < -0.39 is 24.0 Å². The molecule has 0 fully saturated rings. The van der Waals surface area contributed by atoms with E-state index in [9.17, 15) is 19.8 Å². The van der Waals surface area contributed by atoms with Gasteiger partial charge in [0, 0.05) is 11.1 Å². The first-order valence-corrected chi connectivity index (χ1v) is 6.49. The van der Waals surface area contributed by atoms with Gasteiger partial charge in [-0.15, -0.1) is 0 Å². The molecule has 0 bridgehead atoms. The lowest BCUT2D eigenvalue weighted by Crippen LogP contribution is -2.45. The van der Waals surface area contributed by atoms with Gasteiger partial charge in [-0.25, -0.2) is 0 Å². The average Bonchev–Trinajstić information content (AvgIpc) is 2.44. The predicted octanol–water partition coefficient (Wildman–Crippen LogP) is 0.0372. The second-order valence-corrected chi connectivity index (χ2v) is 4.56. The van der Waals surface area contributed by atoms with Crippen LogP contribution < -0.4 is 11.1 Å². The monoisotopic (exact) mass is 280 g/mol. The molecule has 5 N–H and O–H groups in total. The number of carbonyl (C=O) groups excluding carboxylic acids is 2. The van der Waals surface area contributed by atoms with Crippen LogP contribution in [0.15, 0.2) is 24.3 Å². The van der Waals surface area contributed by atoms with Crippen LogP contribution in [-0.4, -0.2) is 40.8 Å². The summed E-state index contributed by atoms with van der Waals surface area (Å²) in [6.45, 7) is 1.56. The standard InChI is InChI=1S/C14H20N2O4/c1-2-3-12(18)11(8-17)16-14(20)10-6-4-9(5-7-10)13(15)19/h4-7,11-12,17-18H,2-3,8H2,1H3,(H2,15,19)(H,16,20). The third-order valence-electron chi connectivity index (χ3n) is 2.99. The molecule has 110 valence electrons. The van der Waals surface area contributed by atoms with Gasteiger partial charge in [0.15, 0.2) is 0 Å². The molecule has 0 aliphatic carbocycles. The quantitative estimate of drug-likeness (QED) is 0.564. The third kappa shape index (κ3) is 4.32. The Balaban J connectivity index is 2.71. The zero-order valence-corrected chi connectivity index (χ0v) is 11.4. The van der Waals surface area contributed by atoms with Gasteiger partial charge in [-0.1, -0.05) is 13.3 Å². The van der Waals surface area contributed by atoms with E-state index in [4.69, 9.17) is 5.73 Å². The molecule has 0 aliphatic rings. The zero-order chi connectivity index (χ0) is 15.1. The van der Waals surface area contributed by atoms with Crippen LogP contribution in [0.25, 0.3) is 0 Å². The van der Waals surface area contributed by atoms with Gasteiger partial charge in [-0.2, -0.15) is 0 Å². The summed E-state index contributed by atoms with van der Waals surface area (Å²) in [6.07, 6.45) is 0.450. The number of hydrogen-bond acceptors (Lipinski definition) is 4.